The van der Waals surface area contributed by atoms with E-state index in [2.05, 4.69) is 10.1 Å². The van der Waals surface area contributed by atoms with Gasteiger partial charge in [0.25, 0.3) is 0 Å². The second-order valence-electron chi connectivity index (χ2n) is 4.26. The molecule has 0 aliphatic rings. The van der Waals surface area contributed by atoms with Crippen molar-refractivity contribution >= 4 is 28.5 Å². The lowest BCUT2D eigenvalue weighted by molar-refractivity contribution is 0.405. The molecule has 0 bridgehead atoms. The number of halogens is 1. The Morgan fingerprint density at radius 3 is 2.90 bits per heavy atom. The molecule has 2 aromatic rings. The molecule has 106 valence electrons. The van der Waals surface area contributed by atoms with Crippen LogP contribution in [0.5, 0.6) is 0 Å². The topological polar surface area (TPSA) is 41.6 Å². The van der Waals surface area contributed by atoms with Crippen LogP contribution in [0.1, 0.15) is 5.69 Å². The normalized spacial score (nSPS) is 11.7. The van der Waals surface area contributed by atoms with Crippen LogP contribution in [0.2, 0.25) is 5.02 Å². The SMILES string of the molecule is CN=C(SC)N(C)Cc1cc(-c2cccc(Cl)c2)on1. The van der Waals surface area contributed by atoms with Crippen LogP contribution in [0, 0.1) is 0 Å². The maximum Gasteiger partial charge on any atom is 0.167 e. The van der Waals surface area contributed by atoms with E-state index >= 15 is 0 Å². The summed E-state index contributed by atoms with van der Waals surface area (Å²) in [4.78, 5) is 6.24. The minimum Gasteiger partial charge on any atom is -0.356 e. The molecule has 0 amide bonds. The number of nitrogens with zero attached hydrogens (tertiary/aromatic N) is 3. The van der Waals surface area contributed by atoms with E-state index in [4.69, 9.17) is 16.1 Å². The Morgan fingerprint density at radius 2 is 2.25 bits per heavy atom. The number of aliphatic imine (C=N–C) groups is 1. The molecule has 1 aromatic heterocycles. The second kappa shape index (κ2) is 6.81. The van der Waals surface area contributed by atoms with Gasteiger partial charge in [-0.15, -0.1) is 0 Å². The van der Waals surface area contributed by atoms with Crippen LogP contribution in [0.15, 0.2) is 39.8 Å². The molecule has 1 aromatic carbocycles. The zero-order valence-electron chi connectivity index (χ0n) is 11.6. The quantitative estimate of drug-likeness (QED) is 0.639. The minimum atomic E-state index is 0.650. The van der Waals surface area contributed by atoms with Crippen molar-refractivity contribution in [2.75, 3.05) is 20.4 Å². The summed E-state index contributed by atoms with van der Waals surface area (Å²) in [5.74, 6) is 0.718. The van der Waals surface area contributed by atoms with E-state index in [9.17, 15) is 0 Å². The number of amidine groups is 1. The molecular formula is C14H16ClN3OS. The highest BCUT2D eigenvalue weighted by molar-refractivity contribution is 8.13. The summed E-state index contributed by atoms with van der Waals surface area (Å²) in [5.41, 5.74) is 1.78. The van der Waals surface area contributed by atoms with Gasteiger partial charge in [-0.2, -0.15) is 0 Å². The molecule has 0 aliphatic carbocycles. The lowest BCUT2D eigenvalue weighted by atomic mass is 10.1. The Bertz CT molecular complexity index is 612. The number of rotatable bonds is 3. The number of hydrogen-bond acceptors (Lipinski definition) is 4. The van der Waals surface area contributed by atoms with E-state index in [0.717, 1.165) is 22.2 Å². The average molecular weight is 310 g/mol. The van der Waals surface area contributed by atoms with E-state index in [1.165, 1.54) is 0 Å². The lowest BCUT2D eigenvalue weighted by Gasteiger charge is -2.17. The van der Waals surface area contributed by atoms with E-state index in [-0.39, 0.29) is 0 Å². The van der Waals surface area contributed by atoms with Gasteiger partial charge in [0.15, 0.2) is 10.9 Å². The van der Waals surface area contributed by atoms with Crippen molar-refractivity contribution in [3.05, 3.63) is 41.0 Å². The van der Waals surface area contributed by atoms with Crippen LogP contribution in [-0.2, 0) is 6.54 Å². The zero-order valence-corrected chi connectivity index (χ0v) is 13.2. The predicted molar refractivity (Wildman–Crippen MR) is 85.3 cm³/mol. The van der Waals surface area contributed by atoms with Crippen molar-refractivity contribution in [2.24, 2.45) is 4.99 Å². The third-order valence-corrected chi connectivity index (χ3v) is 3.86. The maximum atomic E-state index is 5.98. The second-order valence-corrected chi connectivity index (χ2v) is 5.47. The van der Waals surface area contributed by atoms with Crippen LogP contribution < -0.4 is 0 Å². The van der Waals surface area contributed by atoms with Gasteiger partial charge in [-0.05, 0) is 18.4 Å². The third kappa shape index (κ3) is 3.55. The van der Waals surface area contributed by atoms with Gasteiger partial charge in [-0.1, -0.05) is 40.7 Å². The summed E-state index contributed by atoms with van der Waals surface area (Å²) < 4.78 is 5.37. The monoisotopic (exact) mass is 309 g/mol. The standard InChI is InChI=1S/C14H16ClN3OS/c1-16-14(20-3)18(2)9-12-8-13(19-17-12)10-5-4-6-11(15)7-10/h4-8H,9H2,1-3H3. The fourth-order valence-corrected chi connectivity index (χ4v) is 2.64. The molecule has 1 heterocycles. The van der Waals surface area contributed by atoms with Gasteiger partial charge >= 0.3 is 0 Å². The Kier molecular flexibility index (Phi) is 5.09. The Labute approximate surface area is 127 Å². The van der Waals surface area contributed by atoms with Crippen molar-refractivity contribution in [1.82, 2.24) is 10.1 Å². The molecule has 0 N–H and O–H groups in total. The van der Waals surface area contributed by atoms with Gasteiger partial charge in [-0.25, -0.2) is 0 Å². The molecule has 0 saturated heterocycles. The summed E-state index contributed by atoms with van der Waals surface area (Å²) in [6.45, 7) is 0.650. The molecular weight excluding hydrogens is 294 g/mol. The average Bonchev–Trinajstić information content (AvgIpc) is 2.88. The number of thioether (sulfide) groups is 1. The molecule has 4 nitrogen and oxygen atoms in total. The first-order valence-electron chi connectivity index (χ1n) is 6.07. The number of benzene rings is 1. The minimum absolute atomic E-state index is 0.650. The molecule has 0 unspecified atom stereocenters. The third-order valence-electron chi connectivity index (χ3n) is 2.77. The summed E-state index contributed by atoms with van der Waals surface area (Å²) in [5, 5.41) is 5.73. The molecule has 0 radical (unpaired) electrons. The van der Waals surface area contributed by atoms with E-state index in [1.54, 1.807) is 18.8 Å². The van der Waals surface area contributed by atoms with Gasteiger partial charge in [0.1, 0.15) is 5.69 Å². The van der Waals surface area contributed by atoms with Crippen LogP contribution >= 0.6 is 23.4 Å². The summed E-state index contributed by atoms with van der Waals surface area (Å²) >= 11 is 7.58. The predicted octanol–water partition coefficient (Wildman–Crippen LogP) is 3.78. The first-order chi connectivity index (χ1) is 9.63. The van der Waals surface area contributed by atoms with Gasteiger partial charge in [0, 0.05) is 30.7 Å². The number of hydrogen-bond donors (Lipinski definition) is 0. The van der Waals surface area contributed by atoms with Gasteiger partial charge < -0.3 is 9.42 Å². The van der Waals surface area contributed by atoms with E-state index in [1.807, 2.05) is 48.5 Å². The molecule has 0 spiro atoms. The van der Waals surface area contributed by atoms with E-state index < -0.39 is 0 Å². The van der Waals surface area contributed by atoms with Gasteiger partial charge in [-0.3, -0.25) is 4.99 Å². The van der Waals surface area contributed by atoms with E-state index in [0.29, 0.717) is 11.6 Å². The summed E-state index contributed by atoms with van der Waals surface area (Å²) in [6.07, 6.45) is 2.00. The lowest BCUT2D eigenvalue weighted by Crippen LogP contribution is -2.23. The van der Waals surface area contributed by atoms with Crippen molar-refractivity contribution in [3.63, 3.8) is 0 Å². The van der Waals surface area contributed by atoms with Crippen molar-refractivity contribution < 1.29 is 4.52 Å². The highest BCUT2D eigenvalue weighted by Gasteiger charge is 2.11. The smallest absolute Gasteiger partial charge is 0.167 e. The maximum absolute atomic E-state index is 5.98. The van der Waals surface area contributed by atoms with Crippen molar-refractivity contribution in [1.29, 1.82) is 0 Å². The van der Waals surface area contributed by atoms with Crippen molar-refractivity contribution in [2.45, 2.75) is 6.54 Å². The van der Waals surface area contributed by atoms with Crippen LogP contribution in [0.3, 0.4) is 0 Å². The Balaban J connectivity index is 2.13. The largest absolute Gasteiger partial charge is 0.356 e. The zero-order chi connectivity index (χ0) is 14.5. The molecule has 0 aliphatic heterocycles. The number of aromatic nitrogens is 1. The first-order valence-corrected chi connectivity index (χ1v) is 7.67. The molecule has 6 heteroatoms. The first kappa shape index (κ1) is 14.9. The fraction of sp³-hybridized carbons (Fsp3) is 0.286. The van der Waals surface area contributed by atoms with Gasteiger partial charge in [0.2, 0.25) is 0 Å². The molecule has 0 saturated carbocycles. The van der Waals surface area contributed by atoms with Gasteiger partial charge in [0.05, 0.1) is 6.54 Å². The van der Waals surface area contributed by atoms with Crippen LogP contribution in [-0.4, -0.2) is 35.6 Å². The Morgan fingerprint density at radius 1 is 1.45 bits per heavy atom. The van der Waals surface area contributed by atoms with Crippen LogP contribution in [0.4, 0.5) is 0 Å². The van der Waals surface area contributed by atoms with Crippen LogP contribution in [0.25, 0.3) is 11.3 Å². The summed E-state index contributed by atoms with van der Waals surface area (Å²) in [7, 11) is 3.76. The highest BCUT2D eigenvalue weighted by Crippen LogP contribution is 2.23. The summed E-state index contributed by atoms with van der Waals surface area (Å²) in [6, 6.07) is 9.45. The molecule has 20 heavy (non-hydrogen) atoms. The highest BCUT2D eigenvalue weighted by atomic mass is 35.5. The molecule has 0 fully saturated rings. The Hall–Kier alpha value is -1.46. The molecule has 0 atom stereocenters. The van der Waals surface area contributed by atoms with Crippen molar-refractivity contribution in [3.8, 4) is 11.3 Å². The molecule has 2 rings (SSSR count). The fourth-order valence-electron chi connectivity index (χ4n) is 1.89.